The number of ketones is 2. The predicted octanol–water partition coefficient (Wildman–Crippen LogP) is 5.86. The number of amides is 1. The fraction of sp³-hybridized carbons (Fsp3) is 0.194. The van der Waals surface area contributed by atoms with Gasteiger partial charge in [0.15, 0.2) is 11.6 Å². The third-order valence-corrected chi connectivity index (χ3v) is 9.47. The number of methoxy groups -OCH3 is 2. The number of nitrogens with one attached hydrogen (secondary N) is 1. The second-order valence-electron chi connectivity index (χ2n) is 11.6. The summed E-state index contributed by atoms with van der Waals surface area (Å²) in [5, 5.41) is 14.4. The number of fused-ring (bicyclic) bond motifs is 6. The van der Waals surface area contributed by atoms with Gasteiger partial charge in [-0.15, -0.1) is 0 Å². The van der Waals surface area contributed by atoms with E-state index in [2.05, 4.69) is 5.32 Å². The summed E-state index contributed by atoms with van der Waals surface area (Å²) < 4.78 is 11.1. The second-order valence-corrected chi connectivity index (χ2v) is 11.6. The quantitative estimate of drug-likeness (QED) is 0.156. The van der Waals surface area contributed by atoms with E-state index in [1.807, 2.05) is 60.4 Å². The first-order valence-electron chi connectivity index (χ1n) is 14.7. The highest BCUT2D eigenvalue weighted by atomic mass is 16.6. The van der Waals surface area contributed by atoms with Crippen molar-refractivity contribution in [2.45, 2.75) is 24.4 Å². The van der Waals surface area contributed by atoms with Crippen LogP contribution in [0.2, 0.25) is 0 Å². The topological polar surface area (TPSA) is 128 Å². The van der Waals surface area contributed by atoms with E-state index >= 15 is 4.79 Å². The third-order valence-electron chi connectivity index (χ3n) is 9.47. The molecular formula is C36H29N3O7. The van der Waals surface area contributed by atoms with Gasteiger partial charge in [0.25, 0.3) is 5.69 Å². The highest BCUT2D eigenvalue weighted by Crippen LogP contribution is 2.59. The van der Waals surface area contributed by atoms with Gasteiger partial charge in [0, 0.05) is 34.6 Å². The highest BCUT2D eigenvalue weighted by molar-refractivity contribution is 6.19. The SMILES string of the molecule is COc1ccc(OC)c(C(=O)[C@@H]2[C@H](C(=O)c3ccc([N+](=O)[O-])cc3)N3c4ccccc4C(C)=C[C@@H]3[C@@]23C(=O)Nc2ccccc23)c1. The van der Waals surface area contributed by atoms with Crippen LogP contribution in [0.25, 0.3) is 5.57 Å². The van der Waals surface area contributed by atoms with Crippen molar-refractivity contribution >= 4 is 40.1 Å². The van der Waals surface area contributed by atoms with Crippen LogP contribution in [0.5, 0.6) is 11.5 Å². The van der Waals surface area contributed by atoms with Gasteiger partial charge in [-0.2, -0.15) is 0 Å². The minimum atomic E-state index is -1.53. The first-order valence-corrected chi connectivity index (χ1v) is 14.7. The number of carbonyl (C=O) groups is 3. The Hall–Kier alpha value is -5.77. The molecule has 3 aliphatic rings. The van der Waals surface area contributed by atoms with E-state index in [0.29, 0.717) is 22.7 Å². The Kier molecular flexibility index (Phi) is 6.73. The molecular weight excluding hydrogens is 586 g/mol. The molecule has 0 radical (unpaired) electrons. The molecule has 46 heavy (non-hydrogen) atoms. The van der Waals surface area contributed by atoms with Gasteiger partial charge >= 0.3 is 0 Å². The average molecular weight is 616 g/mol. The van der Waals surface area contributed by atoms with Crippen LogP contribution in [0.1, 0.15) is 38.8 Å². The van der Waals surface area contributed by atoms with Crippen molar-refractivity contribution in [3.63, 3.8) is 0 Å². The van der Waals surface area contributed by atoms with Gasteiger partial charge in [0.2, 0.25) is 5.91 Å². The molecule has 4 atom stereocenters. The molecule has 1 saturated heterocycles. The Morgan fingerprint density at radius 1 is 0.913 bits per heavy atom. The predicted molar refractivity (Wildman–Crippen MR) is 172 cm³/mol. The third kappa shape index (κ3) is 3.99. The lowest BCUT2D eigenvalue weighted by molar-refractivity contribution is -0.384. The van der Waals surface area contributed by atoms with Gasteiger partial charge in [-0.3, -0.25) is 24.5 Å². The normalized spacial score (nSPS) is 22.3. The Morgan fingerprint density at radius 3 is 2.35 bits per heavy atom. The number of nitro benzene ring substituents is 1. The first kappa shape index (κ1) is 29.0. The molecule has 1 spiro atoms. The van der Waals surface area contributed by atoms with Crippen LogP contribution in [-0.2, 0) is 10.2 Å². The summed E-state index contributed by atoms with van der Waals surface area (Å²) in [6.45, 7) is 1.95. The zero-order valence-corrected chi connectivity index (χ0v) is 25.2. The molecule has 0 bridgehead atoms. The average Bonchev–Trinajstić information content (AvgIpc) is 3.55. The maximum atomic E-state index is 15.2. The fourth-order valence-electron chi connectivity index (χ4n) is 7.48. The zero-order valence-electron chi connectivity index (χ0n) is 25.2. The van der Waals surface area contributed by atoms with Gasteiger partial charge in [0.1, 0.15) is 23.0 Å². The molecule has 1 amide bonds. The summed E-state index contributed by atoms with van der Waals surface area (Å²) in [6.07, 6.45) is 1.97. The van der Waals surface area contributed by atoms with Gasteiger partial charge < -0.3 is 19.7 Å². The molecule has 10 heteroatoms. The number of para-hydroxylation sites is 2. The number of allylic oxidation sites excluding steroid dienone is 1. The number of hydrogen-bond acceptors (Lipinski definition) is 8. The Bertz CT molecular complexity index is 1990. The van der Waals surface area contributed by atoms with Crippen LogP contribution in [-0.4, -0.2) is 48.7 Å². The summed E-state index contributed by atoms with van der Waals surface area (Å²) in [5.74, 6) is -1.89. The smallest absolute Gasteiger partial charge is 0.269 e. The molecule has 230 valence electrons. The summed E-state index contributed by atoms with van der Waals surface area (Å²) in [6, 6.07) is 23.1. The van der Waals surface area contributed by atoms with Crippen molar-refractivity contribution in [1.29, 1.82) is 0 Å². The number of ether oxygens (including phenoxy) is 2. The number of benzene rings is 4. The van der Waals surface area contributed by atoms with E-state index in [4.69, 9.17) is 9.47 Å². The van der Waals surface area contributed by atoms with Crippen LogP contribution in [0, 0.1) is 16.0 Å². The molecule has 7 rings (SSSR count). The summed E-state index contributed by atoms with van der Waals surface area (Å²) in [7, 11) is 2.94. The molecule has 3 heterocycles. The molecule has 4 aromatic carbocycles. The maximum absolute atomic E-state index is 15.2. The van der Waals surface area contributed by atoms with Gasteiger partial charge in [-0.05, 0) is 60.5 Å². The monoisotopic (exact) mass is 615 g/mol. The number of anilines is 2. The zero-order chi connectivity index (χ0) is 32.3. The number of nitro groups is 1. The molecule has 0 aliphatic carbocycles. The van der Waals surface area contributed by atoms with Crippen molar-refractivity contribution in [3.8, 4) is 11.5 Å². The van der Waals surface area contributed by atoms with Crippen molar-refractivity contribution in [1.82, 2.24) is 0 Å². The van der Waals surface area contributed by atoms with Crippen molar-refractivity contribution < 1.29 is 28.8 Å². The second kappa shape index (κ2) is 10.7. The van der Waals surface area contributed by atoms with E-state index in [1.165, 1.54) is 38.5 Å². The van der Waals surface area contributed by atoms with E-state index in [9.17, 15) is 19.7 Å². The van der Waals surface area contributed by atoms with Crippen LogP contribution in [0.15, 0.2) is 97.1 Å². The molecule has 3 aliphatic heterocycles. The minimum absolute atomic E-state index is 0.165. The van der Waals surface area contributed by atoms with E-state index in [-0.39, 0.29) is 22.6 Å². The lowest BCUT2D eigenvalue weighted by Gasteiger charge is -2.39. The maximum Gasteiger partial charge on any atom is 0.269 e. The van der Waals surface area contributed by atoms with Crippen molar-refractivity contribution in [2.24, 2.45) is 5.92 Å². The summed E-state index contributed by atoms with van der Waals surface area (Å²) in [4.78, 5) is 57.5. The number of nitrogens with zero attached hydrogens (tertiary/aromatic N) is 2. The largest absolute Gasteiger partial charge is 0.497 e. The highest BCUT2D eigenvalue weighted by Gasteiger charge is 2.70. The van der Waals surface area contributed by atoms with Crippen molar-refractivity contribution in [2.75, 3.05) is 24.4 Å². The van der Waals surface area contributed by atoms with Gasteiger partial charge in [-0.1, -0.05) is 42.5 Å². The van der Waals surface area contributed by atoms with Crippen molar-refractivity contribution in [3.05, 3.63) is 129 Å². The molecule has 1 N–H and O–H groups in total. The molecule has 0 aromatic heterocycles. The molecule has 4 aromatic rings. The molecule has 1 fully saturated rings. The van der Waals surface area contributed by atoms with Crippen LogP contribution >= 0.6 is 0 Å². The Labute approximate surface area is 264 Å². The lowest BCUT2D eigenvalue weighted by atomic mass is 9.63. The van der Waals surface area contributed by atoms with Gasteiger partial charge in [-0.25, -0.2) is 0 Å². The van der Waals surface area contributed by atoms with Crippen LogP contribution in [0.4, 0.5) is 17.1 Å². The molecule has 10 nitrogen and oxygen atoms in total. The fourth-order valence-corrected chi connectivity index (χ4v) is 7.48. The van der Waals surface area contributed by atoms with E-state index in [0.717, 1.165) is 11.1 Å². The van der Waals surface area contributed by atoms with E-state index in [1.54, 1.807) is 24.3 Å². The van der Waals surface area contributed by atoms with E-state index < -0.39 is 45.8 Å². The first-order chi connectivity index (χ1) is 22.2. The number of hydrogen-bond donors (Lipinski definition) is 1. The number of Topliss-reactive ketones (excluding diaryl/α,β-unsaturated/α-hetero) is 2. The lowest BCUT2D eigenvalue weighted by Crippen LogP contribution is -2.51. The minimum Gasteiger partial charge on any atom is -0.497 e. The van der Waals surface area contributed by atoms with Crippen LogP contribution in [0.3, 0.4) is 0 Å². The Morgan fingerprint density at radius 2 is 1.63 bits per heavy atom. The molecule has 0 saturated carbocycles. The Balaban J connectivity index is 1.55. The summed E-state index contributed by atoms with van der Waals surface area (Å²) in [5.41, 5.74) is 2.30. The summed E-state index contributed by atoms with van der Waals surface area (Å²) >= 11 is 0. The number of non-ortho nitro benzene ring substituents is 1. The standard InChI is InChI=1S/C36H29N3O7/c1-20-18-30-36(26-9-5-6-10-27(26)37-35(36)42)31(34(41)25-19-23(45-2)16-17-29(25)46-3)32(38(30)28-11-7-4-8-24(20)28)33(40)21-12-14-22(15-13-21)39(43)44/h4-19,30-32H,1-3H3,(H,37,42)/t30-,31+,32-,36-/m1/s1. The number of carbonyl (C=O) groups excluding carboxylic acids is 3. The molecule has 0 unspecified atom stereocenters. The number of rotatable bonds is 7. The van der Waals surface area contributed by atoms with Gasteiger partial charge in [0.05, 0.1) is 36.7 Å². The van der Waals surface area contributed by atoms with Crippen LogP contribution < -0.4 is 19.7 Å².